The van der Waals surface area contributed by atoms with Gasteiger partial charge in [0.1, 0.15) is 11.4 Å². The van der Waals surface area contributed by atoms with Crippen molar-refractivity contribution in [1.82, 2.24) is 9.80 Å². The summed E-state index contributed by atoms with van der Waals surface area (Å²) < 4.78 is 10.7. The fraction of sp³-hybridized carbons (Fsp3) is 0.360. The molecule has 0 spiro atoms. The maximum Gasteiger partial charge on any atom is 0.277 e. The predicted molar refractivity (Wildman–Crippen MR) is 123 cm³/mol. The molecule has 2 aromatic carbocycles. The molecule has 0 unspecified atom stereocenters. The van der Waals surface area contributed by atoms with Gasteiger partial charge < -0.3 is 19.3 Å². The van der Waals surface area contributed by atoms with E-state index in [2.05, 4.69) is 21.9 Å². The second-order valence-electron chi connectivity index (χ2n) is 7.75. The summed E-state index contributed by atoms with van der Waals surface area (Å²) in [5, 5.41) is 0. The molecule has 0 N–H and O–H groups in total. The van der Waals surface area contributed by atoms with Crippen LogP contribution in [0.25, 0.3) is 5.57 Å². The first-order chi connectivity index (χ1) is 15.6. The Labute approximate surface area is 188 Å². The molecule has 2 aromatic rings. The summed E-state index contributed by atoms with van der Waals surface area (Å²) in [5.41, 5.74) is 2.85. The number of benzene rings is 2. The molecule has 168 valence electrons. The van der Waals surface area contributed by atoms with Gasteiger partial charge in [0, 0.05) is 39.0 Å². The van der Waals surface area contributed by atoms with Gasteiger partial charge in [-0.25, -0.2) is 0 Å². The third kappa shape index (κ3) is 4.34. The standard InChI is InChI=1S/C25H29N3O4/c1-3-32-21-11-9-19(10-12-21)22-23(25(30)28(24(22)29)17-18-31-2)27-15-13-26(14-16-27)20-7-5-4-6-8-20/h4-12H,3,13-18H2,1-2H3. The number of methoxy groups -OCH3 is 1. The van der Waals surface area contributed by atoms with Crippen LogP contribution in [-0.4, -0.2) is 74.7 Å². The second-order valence-corrected chi connectivity index (χ2v) is 7.75. The summed E-state index contributed by atoms with van der Waals surface area (Å²) in [6.07, 6.45) is 0. The van der Waals surface area contributed by atoms with Crippen LogP contribution >= 0.6 is 0 Å². The zero-order valence-corrected chi connectivity index (χ0v) is 18.6. The number of rotatable bonds is 8. The van der Waals surface area contributed by atoms with E-state index in [0.29, 0.717) is 37.6 Å². The number of piperazine rings is 1. The summed E-state index contributed by atoms with van der Waals surface area (Å²) in [6, 6.07) is 17.6. The monoisotopic (exact) mass is 435 g/mol. The Morgan fingerprint density at radius 1 is 0.844 bits per heavy atom. The Morgan fingerprint density at radius 2 is 1.50 bits per heavy atom. The largest absolute Gasteiger partial charge is 0.494 e. The summed E-state index contributed by atoms with van der Waals surface area (Å²) >= 11 is 0. The zero-order chi connectivity index (χ0) is 22.5. The molecular formula is C25H29N3O4. The van der Waals surface area contributed by atoms with Gasteiger partial charge in [-0.15, -0.1) is 0 Å². The molecule has 0 aliphatic carbocycles. The van der Waals surface area contributed by atoms with Crippen molar-refractivity contribution < 1.29 is 19.1 Å². The minimum Gasteiger partial charge on any atom is -0.494 e. The molecular weight excluding hydrogens is 406 g/mol. The van der Waals surface area contributed by atoms with Crippen LogP contribution in [0.5, 0.6) is 5.75 Å². The van der Waals surface area contributed by atoms with Crippen molar-refractivity contribution in [3.05, 3.63) is 65.9 Å². The second kappa shape index (κ2) is 9.87. The average Bonchev–Trinajstić information content (AvgIpc) is 3.08. The van der Waals surface area contributed by atoms with Gasteiger partial charge in [0.2, 0.25) is 0 Å². The molecule has 32 heavy (non-hydrogen) atoms. The molecule has 0 radical (unpaired) electrons. The van der Waals surface area contributed by atoms with Crippen LogP contribution in [0.15, 0.2) is 60.3 Å². The van der Waals surface area contributed by atoms with E-state index < -0.39 is 0 Å². The maximum absolute atomic E-state index is 13.3. The Balaban J connectivity index is 1.62. The molecule has 0 atom stereocenters. The van der Waals surface area contributed by atoms with E-state index in [-0.39, 0.29) is 18.4 Å². The molecule has 4 rings (SSSR count). The number of amides is 2. The van der Waals surface area contributed by atoms with Crippen molar-refractivity contribution in [3.8, 4) is 5.75 Å². The molecule has 2 aliphatic rings. The minimum atomic E-state index is -0.267. The molecule has 0 bridgehead atoms. The van der Waals surface area contributed by atoms with E-state index in [1.807, 2.05) is 49.4 Å². The number of anilines is 1. The van der Waals surface area contributed by atoms with Crippen LogP contribution < -0.4 is 9.64 Å². The van der Waals surface area contributed by atoms with Crippen LogP contribution in [-0.2, 0) is 14.3 Å². The topological polar surface area (TPSA) is 62.3 Å². The maximum atomic E-state index is 13.3. The van der Waals surface area contributed by atoms with Gasteiger partial charge >= 0.3 is 0 Å². The highest BCUT2D eigenvalue weighted by Gasteiger charge is 2.41. The Hall–Kier alpha value is -3.32. The van der Waals surface area contributed by atoms with Crippen molar-refractivity contribution in [1.29, 1.82) is 0 Å². The number of hydrogen-bond acceptors (Lipinski definition) is 6. The smallest absolute Gasteiger partial charge is 0.277 e. The highest BCUT2D eigenvalue weighted by molar-refractivity contribution is 6.35. The molecule has 0 saturated carbocycles. The van der Waals surface area contributed by atoms with E-state index >= 15 is 0 Å². The van der Waals surface area contributed by atoms with Crippen molar-refractivity contribution in [3.63, 3.8) is 0 Å². The number of para-hydroxylation sites is 1. The predicted octanol–water partition coefficient (Wildman–Crippen LogP) is 2.63. The lowest BCUT2D eigenvalue weighted by Gasteiger charge is -2.37. The quantitative estimate of drug-likeness (QED) is 0.594. The fourth-order valence-corrected chi connectivity index (χ4v) is 4.21. The van der Waals surface area contributed by atoms with Crippen molar-refractivity contribution in [2.24, 2.45) is 0 Å². The highest BCUT2D eigenvalue weighted by Crippen LogP contribution is 2.33. The summed E-state index contributed by atoms with van der Waals surface area (Å²) in [6.45, 7) is 5.94. The lowest BCUT2D eigenvalue weighted by Crippen LogP contribution is -2.47. The number of nitrogens with zero attached hydrogens (tertiary/aromatic N) is 3. The van der Waals surface area contributed by atoms with Crippen LogP contribution in [0.4, 0.5) is 5.69 Å². The van der Waals surface area contributed by atoms with Gasteiger partial charge in [-0.1, -0.05) is 30.3 Å². The number of hydrogen-bond donors (Lipinski definition) is 0. The molecule has 7 heteroatoms. The van der Waals surface area contributed by atoms with Crippen LogP contribution in [0.3, 0.4) is 0 Å². The lowest BCUT2D eigenvalue weighted by atomic mass is 10.0. The molecule has 2 aliphatic heterocycles. The fourth-order valence-electron chi connectivity index (χ4n) is 4.21. The number of carbonyl (C=O) groups excluding carboxylic acids is 2. The van der Waals surface area contributed by atoms with E-state index in [0.717, 1.165) is 24.4 Å². The van der Waals surface area contributed by atoms with E-state index in [9.17, 15) is 9.59 Å². The Bertz CT molecular complexity index is 980. The molecule has 1 fully saturated rings. The van der Waals surface area contributed by atoms with Crippen LogP contribution in [0, 0.1) is 0 Å². The first-order valence-corrected chi connectivity index (χ1v) is 11.0. The van der Waals surface area contributed by atoms with Gasteiger partial charge in [0.25, 0.3) is 11.8 Å². The SMILES string of the molecule is CCOc1ccc(C2=C(N3CCN(c4ccccc4)CC3)C(=O)N(CCOC)C2=O)cc1. The van der Waals surface area contributed by atoms with Crippen LogP contribution in [0.2, 0.25) is 0 Å². The lowest BCUT2D eigenvalue weighted by molar-refractivity contribution is -0.138. The average molecular weight is 436 g/mol. The molecule has 7 nitrogen and oxygen atoms in total. The Kier molecular flexibility index (Phi) is 6.75. The minimum absolute atomic E-state index is 0.238. The van der Waals surface area contributed by atoms with E-state index in [4.69, 9.17) is 9.47 Å². The first-order valence-electron chi connectivity index (χ1n) is 11.0. The zero-order valence-electron chi connectivity index (χ0n) is 18.6. The number of imide groups is 1. The summed E-state index contributed by atoms with van der Waals surface area (Å²) in [7, 11) is 1.57. The van der Waals surface area contributed by atoms with Gasteiger partial charge in [-0.2, -0.15) is 0 Å². The van der Waals surface area contributed by atoms with Gasteiger partial charge in [-0.05, 0) is 36.8 Å². The van der Waals surface area contributed by atoms with E-state index in [1.54, 1.807) is 7.11 Å². The Morgan fingerprint density at radius 3 is 2.12 bits per heavy atom. The molecule has 2 amide bonds. The van der Waals surface area contributed by atoms with Crippen molar-refractivity contribution in [2.45, 2.75) is 6.92 Å². The van der Waals surface area contributed by atoms with Crippen molar-refractivity contribution in [2.75, 3.05) is 57.9 Å². The number of ether oxygens (including phenoxy) is 2. The van der Waals surface area contributed by atoms with Crippen molar-refractivity contribution >= 4 is 23.1 Å². The molecule has 2 heterocycles. The van der Waals surface area contributed by atoms with Gasteiger partial charge in [0.05, 0.1) is 25.3 Å². The van der Waals surface area contributed by atoms with E-state index in [1.165, 1.54) is 10.6 Å². The molecule has 1 saturated heterocycles. The van der Waals surface area contributed by atoms with Gasteiger partial charge in [-0.3, -0.25) is 14.5 Å². The first kappa shape index (κ1) is 21.9. The normalized spacial score (nSPS) is 16.9. The molecule has 0 aromatic heterocycles. The number of carbonyl (C=O) groups is 2. The van der Waals surface area contributed by atoms with Crippen LogP contribution in [0.1, 0.15) is 12.5 Å². The van der Waals surface area contributed by atoms with Gasteiger partial charge in [0.15, 0.2) is 0 Å². The summed E-state index contributed by atoms with van der Waals surface area (Å²) in [4.78, 5) is 32.3. The summed E-state index contributed by atoms with van der Waals surface area (Å²) in [5.74, 6) is 0.226. The third-order valence-corrected chi connectivity index (χ3v) is 5.83. The highest BCUT2D eigenvalue weighted by atomic mass is 16.5. The third-order valence-electron chi connectivity index (χ3n) is 5.83.